The molecule has 6 nitrogen and oxygen atoms in total. The van der Waals surface area contributed by atoms with Gasteiger partial charge in [-0.2, -0.15) is 0 Å². The molecule has 0 atom stereocenters. The normalized spacial score (nSPS) is 10.8. The van der Waals surface area contributed by atoms with Gasteiger partial charge in [0.1, 0.15) is 22.8 Å². The van der Waals surface area contributed by atoms with Crippen LogP contribution >= 0.6 is 0 Å². The van der Waals surface area contributed by atoms with Gasteiger partial charge in [-0.05, 0) is 42.5 Å². The summed E-state index contributed by atoms with van der Waals surface area (Å²) in [4.78, 5) is 13.4. The van der Waals surface area contributed by atoms with Crippen LogP contribution in [0, 0.1) is 0 Å². The highest BCUT2D eigenvalue weighted by Gasteiger charge is 2.10. The molecule has 0 aliphatic heterocycles. The first-order valence-corrected chi connectivity index (χ1v) is 7.93. The molecule has 0 radical (unpaired) electrons. The van der Waals surface area contributed by atoms with E-state index in [0.717, 1.165) is 16.7 Å². The van der Waals surface area contributed by atoms with Gasteiger partial charge in [0.05, 0.1) is 18.8 Å². The Balaban J connectivity index is 1.82. The minimum atomic E-state index is 0.135. The molecule has 128 valence electrons. The lowest BCUT2D eigenvalue weighted by molar-refractivity contribution is 0.409. The Kier molecular flexibility index (Phi) is 3.85. The quantitative estimate of drug-likeness (QED) is 0.587. The summed E-state index contributed by atoms with van der Waals surface area (Å²) in [7, 11) is 1.55. The third kappa shape index (κ3) is 2.88. The largest absolute Gasteiger partial charge is 0.508 e. The maximum atomic E-state index is 9.64. The van der Waals surface area contributed by atoms with Crippen molar-refractivity contribution >= 4 is 11.0 Å². The van der Waals surface area contributed by atoms with Crippen LogP contribution in [-0.2, 0) is 0 Å². The average Bonchev–Trinajstić information content (AvgIpc) is 2.67. The summed E-state index contributed by atoms with van der Waals surface area (Å²) in [6.45, 7) is 0. The molecule has 2 aromatic heterocycles. The van der Waals surface area contributed by atoms with Gasteiger partial charge in [0.25, 0.3) is 0 Å². The molecule has 4 rings (SSSR count). The second-order valence-electron chi connectivity index (χ2n) is 5.75. The SMILES string of the molecule is COc1cc(O)ccc1-c1cnc2cnc(-c3ccc(O)cc3)nc2c1. The number of phenols is 2. The molecule has 2 N–H and O–H groups in total. The number of ether oxygens (including phenoxy) is 1. The van der Waals surface area contributed by atoms with Gasteiger partial charge in [-0.1, -0.05) is 0 Å². The van der Waals surface area contributed by atoms with Crippen LogP contribution in [0.15, 0.2) is 60.9 Å². The monoisotopic (exact) mass is 345 g/mol. The van der Waals surface area contributed by atoms with E-state index in [1.807, 2.05) is 6.07 Å². The van der Waals surface area contributed by atoms with E-state index in [-0.39, 0.29) is 11.5 Å². The number of rotatable bonds is 3. The third-order valence-electron chi connectivity index (χ3n) is 4.05. The molecule has 0 spiro atoms. The van der Waals surface area contributed by atoms with E-state index in [2.05, 4.69) is 15.0 Å². The summed E-state index contributed by atoms with van der Waals surface area (Å²) in [5.41, 5.74) is 3.80. The molecule has 0 saturated carbocycles. The Morgan fingerprint density at radius 3 is 2.31 bits per heavy atom. The van der Waals surface area contributed by atoms with Crippen molar-refractivity contribution in [3.63, 3.8) is 0 Å². The van der Waals surface area contributed by atoms with Crippen LogP contribution in [0.25, 0.3) is 33.5 Å². The summed E-state index contributed by atoms with van der Waals surface area (Å²) in [6, 6.07) is 13.6. The maximum Gasteiger partial charge on any atom is 0.159 e. The molecule has 6 heteroatoms. The molecule has 0 amide bonds. The van der Waals surface area contributed by atoms with Crippen LogP contribution in [0.3, 0.4) is 0 Å². The molecule has 0 bridgehead atoms. The first-order valence-electron chi connectivity index (χ1n) is 7.93. The van der Waals surface area contributed by atoms with Crippen molar-refractivity contribution < 1.29 is 14.9 Å². The van der Waals surface area contributed by atoms with Crippen molar-refractivity contribution in [2.24, 2.45) is 0 Å². The molecule has 4 aromatic rings. The fraction of sp³-hybridized carbons (Fsp3) is 0.0500. The lowest BCUT2D eigenvalue weighted by Crippen LogP contribution is -1.93. The van der Waals surface area contributed by atoms with E-state index in [9.17, 15) is 10.2 Å². The van der Waals surface area contributed by atoms with E-state index in [0.29, 0.717) is 22.6 Å². The van der Waals surface area contributed by atoms with Crippen molar-refractivity contribution in [3.05, 3.63) is 60.9 Å². The maximum absolute atomic E-state index is 9.64. The van der Waals surface area contributed by atoms with Crippen LogP contribution in [0.1, 0.15) is 0 Å². The molecule has 2 heterocycles. The van der Waals surface area contributed by atoms with E-state index < -0.39 is 0 Å². The van der Waals surface area contributed by atoms with Crippen molar-refractivity contribution in [3.8, 4) is 39.8 Å². The number of aromatic hydroxyl groups is 2. The van der Waals surface area contributed by atoms with Gasteiger partial charge in [-0.25, -0.2) is 9.97 Å². The lowest BCUT2D eigenvalue weighted by Gasteiger charge is -2.10. The highest BCUT2D eigenvalue weighted by molar-refractivity contribution is 5.82. The highest BCUT2D eigenvalue weighted by atomic mass is 16.5. The average molecular weight is 345 g/mol. The Bertz CT molecular complexity index is 1100. The van der Waals surface area contributed by atoms with Crippen LogP contribution in [0.5, 0.6) is 17.2 Å². The van der Waals surface area contributed by atoms with E-state index in [4.69, 9.17) is 4.74 Å². The predicted molar refractivity (Wildman–Crippen MR) is 98.1 cm³/mol. The number of benzene rings is 2. The van der Waals surface area contributed by atoms with E-state index in [1.54, 1.807) is 62.0 Å². The lowest BCUT2D eigenvalue weighted by atomic mass is 10.1. The van der Waals surface area contributed by atoms with Gasteiger partial charge in [0, 0.05) is 29.0 Å². The second kappa shape index (κ2) is 6.33. The Labute approximate surface area is 149 Å². The van der Waals surface area contributed by atoms with E-state index >= 15 is 0 Å². The number of hydrogen-bond acceptors (Lipinski definition) is 6. The fourth-order valence-corrected chi connectivity index (χ4v) is 2.73. The topological polar surface area (TPSA) is 88.4 Å². The zero-order chi connectivity index (χ0) is 18.1. The molecular weight excluding hydrogens is 330 g/mol. The smallest absolute Gasteiger partial charge is 0.159 e. The number of fused-ring (bicyclic) bond motifs is 1. The minimum Gasteiger partial charge on any atom is -0.508 e. The number of pyridine rings is 1. The first kappa shape index (κ1) is 15.8. The minimum absolute atomic E-state index is 0.135. The Morgan fingerprint density at radius 2 is 1.54 bits per heavy atom. The molecule has 0 aliphatic carbocycles. The predicted octanol–water partition coefficient (Wildman–Crippen LogP) is 3.78. The van der Waals surface area contributed by atoms with Gasteiger partial charge in [0.2, 0.25) is 0 Å². The highest BCUT2D eigenvalue weighted by Crippen LogP contribution is 2.33. The summed E-state index contributed by atoms with van der Waals surface area (Å²) in [5.74, 6) is 1.43. The van der Waals surface area contributed by atoms with Crippen LogP contribution < -0.4 is 4.74 Å². The van der Waals surface area contributed by atoms with Gasteiger partial charge in [0.15, 0.2) is 5.82 Å². The second-order valence-corrected chi connectivity index (χ2v) is 5.75. The summed E-state index contributed by atoms with van der Waals surface area (Å²) in [5, 5.41) is 19.1. The molecule has 0 unspecified atom stereocenters. The molecular formula is C20H15N3O3. The standard InChI is InChI=1S/C20H15N3O3/c1-26-19-9-15(25)6-7-16(19)13-8-17-18(21-10-13)11-22-20(23-17)12-2-4-14(24)5-3-12/h2-11,24-25H,1H3. The zero-order valence-electron chi connectivity index (χ0n) is 13.9. The van der Waals surface area contributed by atoms with Gasteiger partial charge < -0.3 is 14.9 Å². The summed E-state index contributed by atoms with van der Waals surface area (Å²) >= 11 is 0. The fourth-order valence-electron chi connectivity index (χ4n) is 2.73. The number of hydrogen-bond donors (Lipinski definition) is 2. The van der Waals surface area contributed by atoms with Crippen LogP contribution in [-0.4, -0.2) is 32.3 Å². The molecule has 0 aliphatic rings. The van der Waals surface area contributed by atoms with Crippen LogP contribution in [0.4, 0.5) is 0 Å². The number of methoxy groups -OCH3 is 1. The van der Waals surface area contributed by atoms with Gasteiger partial charge in [-0.3, -0.25) is 4.98 Å². The van der Waals surface area contributed by atoms with Crippen LogP contribution in [0.2, 0.25) is 0 Å². The number of nitrogens with zero attached hydrogens (tertiary/aromatic N) is 3. The van der Waals surface area contributed by atoms with Crippen molar-refractivity contribution in [2.45, 2.75) is 0 Å². The zero-order valence-corrected chi connectivity index (χ0v) is 13.9. The van der Waals surface area contributed by atoms with Crippen molar-refractivity contribution in [1.82, 2.24) is 15.0 Å². The van der Waals surface area contributed by atoms with Crippen molar-refractivity contribution in [1.29, 1.82) is 0 Å². The van der Waals surface area contributed by atoms with Gasteiger partial charge >= 0.3 is 0 Å². The summed E-state index contributed by atoms with van der Waals surface area (Å²) < 4.78 is 5.35. The van der Waals surface area contributed by atoms with E-state index in [1.165, 1.54) is 0 Å². The first-order chi connectivity index (χ1) is 12.6. The summed E-state index contributed by atoms with van der Waals surface area (Å²) in [6.07, 6.45) is 3.39. The Hall–Kier alpha value is -3.67. The molecule has 2 aromatic carbocycles. The molecule has 0 saturated heterocycles. The Morgan fingerprint density at radius 1 is 0.769 bits per heavy atom. The third-order valence-corrected chi connectivity index (χ3v) is 4.05. The van der Waals surface area contributed by atoms with Crippen molar-refractivity contribution in [2.75, 3.05) is 7.11 Å². The molecule has 26 heavy (non-hydrogen) atoms. The van der Waals surface area contributed by atoms with Gasteiger partial charge in [-0.15, -0.1) is 0 Å². The number of aromatic nitrogens is 3. The molecule has 0 fully saturated rings. The number of phenolic OH excluding ortho intramolecular Hbond substituents is 2.